The largest absolute Gasteiger partial charge is 0.312 e. The zero-order valence-corrected chi connectivity index (χ0v) is 8.50. The second-order valence-corrected chi connectivity index (χ2v) is 4.84. The first-order valence-corrected chi connectivity index (χ1v) is 5.66. The molecule has 1 heterocycles. The average Bonchev–Trinajstić information content (AvgIpc) is 2.12. The summed E-state index contributed by atoms with van der Waals surface area (Å²) in [5.41, 5.74) is 2.19. The molecular formula is C13H17N. The van der Waals surface area contributed by atoms with Crippen molar-refractivity contribution < 1.29 is 0 Å². The van der Waals surface area contributed by atoms with Gasteiger partial charge in [-0.2, -0.15) is 0 Å². The summed E-state index contributed by atoms with van der Waals surface area (Å²) in [7, 11) is 0. The van der Waals surface area contributed by atoms with Crippen LogP contribution >= 0.6 is 0 Å². The average molecular weight is 187 g/mol. The van der Waals surface area contributed by atoms with Gasteiger partial charge in [-0.25, -0.2) is 0 Å². The lowest BCUT2D eigenvalue weighted by Gasteiger charge is -2.57. The summed E-state index contributed by atoms with van der Waals surface area (Å²) in [5, 5.41) is 3.59. The molecule has 1 nitrogen and oxygen atoms in total. The molecule has 1 atom stereocenters. The Kier molecular flexibility index (Phi) is 1.88. The molecule has 2 aliphatic rings. The highest BCUT2D eigenvalue weighted by molar-refractivity contribution is 5.19. The monoisotopic (exact) mass is 187 g/mol. The SMILES string of the molecule is c1ccc(CC2NCC23CCC3)cc1. The molecule has 74 valence electrons. The van der Waals surface area contributed by atoms with Crippen LogP contribution in [0.5, 0.6) is 0 Å². The molecule has 1 unspecified atom stereocenters. The predicted octanol–water partition coefficient (Wildman–Crippen LogP) is 2.37. The first kappa shape index (κ1) is 8.49. The van der Waals surface area contributed by atoms with Gasteiger partial charge in [0.25, 0.3) is 0 Å². The lowest BCUT2D eigenvalue weighted by Crippen LogP contribution is -2.66. The standard InChI is InChI=1S/C13H17N/c1-2-5-11(6-3-1)9-12-13(10-14-12)7-4-8-13/h1-3,5-6,12,14H,4,7-10H2. The Balaban J connectivity index is 1.68. The Hall–Kier alpha value is -0.820. The van der Waals surface area contributed by atoms with Crippen molar-refractivity contribution in [3.05, 3.63) is 35.9 Å². The third kappa shape index (κ3) is 1.19. The Morgan fingerprint density at radius 1 is 1.21 bits per heavy atom. The molecule has 14 heavy (non-hydrogen) atoms. The topological polar surface area (TPSA) is 12.0 Å². The quantitative estimate of drug-likeness (QED) is 0.749. The summed E-state index contributed by atoms with van der Waals surface area (Å²) >= 11 is 0. The highest BCUT2D eigenvalue weighted by Gasteiger charge is 2.50. The van der Waals surface area contributed by atoms with E-state index >= 15 is 0 Å². The van der Waals surface area contributed by atoms with Gasteiger partial charge in [-0.05, 0) is 30.2 Å². The van der Waals surface area contributed by atoms with Crippen LogP contribution in [-0.4, -0.2) is 12.6 Å². The molecule has 1 aromatic carbocycles. The van der Waals surface area contributed by atoms with Gasteiger partial charge >= 0.3 is 0 Å². The number of rotatable bonds is 2. The first-order chi connectivity index (χ1) is 6.89. The molecule has 1 spiro atoms. The number of hydrogen-bond donors (Lipinski definition) is 1. The van der Waals surface area contributed by atoms with Crippen LogP contribution in [0.1, 0.15) is 24.8 Å². The molecule has 0 amide bonds. The van der Waals surface area contributed by atoms with E-state index in [4.69, 9.17) is 0 Å². The fraction of sp³-hybridized carbons (Fsp3) is 0.538. The Bertz CT molecular complexity index is 308. The maximum Gasteiger partial charge on any atom is 0.0176 e. The summed E-state index contributed by atoms with van der Waals surface area (Å²) in [6, 6.07) is 11.6. The molecule has 1 aliphatic heterocycles. The van der Waals surface area contributed by atoms with Crippen molar-refractivity contribution in [3.63, 3.8) is 0 Å². The molecular weight excluding hydrogens is 170 g/mol. The number of nitrogens with one attached hydrogen (secondary N) is 1. The molecule has 1 heteroatoms. The Labute approximate surface area is 85.5 Å². The van der Waals surface area contributed by atoms with Crippen molar-refractivity contribution in [1.82, 2.24) is 5.32 Å². The summed E-state index contributed by atoms with van der Waals surface area (Å²) in [4.78, 5) is 0. The van der Waals surface area contributed by atoms with E-state index in [1.54, 1.807) is 0 Å². The van der Waals surface area contributed by atoms with Crippen molar-refractivity contribution in [3.8, 4) is 0 Å². The van der Waals surface area contributed by atoms with Crippen molar-refractivity contribution in [1.29, 1.82) is 0 Å². The van der Waals surface area contributed by atoms with Crippen LogP contribution in [0.15, 0.2) is 30.3 Å². The normalized spacial score (nSPS) is 28.1. The Morgan fingerprint density at radius 2 is 2.00 bits per heavy atom. The predicted molar refractivity (Wildman–Crippen MR) is 58.2 cm³/mol. The van der Waals surface area contributed by atoms with Crippen LogP contribution in [0, 0.1) is 5.41 Å². The van der Waals surface area contributed by atoms with E-state index in [0.29, 0.717) is 5.41 Å². The van der Waals surface area contributed by atoms with Crippen LogP contribution in [-0.2, 0) is 6.42 Å². The van der Waals surface area contributed by atoms with Gasteiger partial charge in [-0.15, -0.1) is 0 Å². The van der Waals surface area contributed by atoms with E-state index in [1.807, 2.05) is 0 Å². The van der Waals surface area contributed by atoms with Crippen LogP contribution in [0.2, 0.25) is 0 Å². The smallest absolute Gasteiger partial charge is 0.0176 e. The maximum absolute atomic E-state index is 3.59. The minimum Gasteiger partial charge on any atom is -0.312 e. The van der Waals surface area contributed by atoms with Crippen LogP contribution in [0.4, 0.5) is 0 Å². The molecule has 0 aromatic heterocycles. The third-order valence-corrected chi connectivity index (χ3v) is 4.07. The summed E-state index contributed by atoms with van der Waals surface area (Å²) in [6.07, 6.45) is 5.59. The molecule has 3 rings (SSSR count). The van der Waals surface area contributed by atoms with Gasteiger partial charge in [-0.3, -0.25) is 0 Å². The molecule has 1 N–H and O–H groups in total. The molecule has 1 aromatic rings. The third-order valence-electron chi connectivity index (χ3n) is 4.07. The summed E-state index contributed by atoms with van der Waals surface area (Å²) in [6.45, 7) is 1.27. The van der Waals surface area contributed by atoms with Crippen LogP contribution in [0.25, 0.3) is 0 Å². The van der Waals surface area contributed by atoms with E-state index in [9.17, 15) is 0 Å². The van der Waals surface area contributed by atoms with Crippen LogP contribution in [0.3, 0.4) is 0 Å². The minimum atomic E-state index is 0.704. The van der Waals surface area contributed by atoms with Crippen LogP contribution < -0.4 is 5.32 Å². The molecule has 0 radical (unpaired) electrons. The van der Waals surface area contributed by atoms with Gasteiger partial charge in [0, 0.05) is 12.6 Å². The molecule has 1 saturated heterocycles. The van der Waals surface area contributed by atoms with E-state index in [2.05, 4.69) is 35.6 Å². The first-order valence-electron chi connectivity index (χ1n) is 5.66. The molecule has 1 saturated carbocycles. The summed E-state index contributed by atoms with van der Waals surface area (Å²) < 4.78 is 0. The highest BCUT2D eigenvalue weighted by Crippen LogP contribution is 2.49. The minimum absolute atomic E-state index is 0.704. The fourth-order valence-corrected chi connectivity index (χ4v) is 2.83. The Morgan fingerprint density at radius 3 is 2.50 bits per heavy atom. The summed E-state index contributed by atoms with van der Waals surface area (Å²) in [5.74, 6) is 0. The van der Waals surface area contributed by atoms with Gasteiger partial charge in [0.15, 0.2) is 0 Å². The van der Waals surface area contributed by atoms with Crippen molar-refractivity contribution >= 4 is 0 Å². The van der Waals surface area contributed by atoms with Gasteiger partial charge in [0.1, 0.15) is 0 Å². The van der Waals surface area contributed by atoms with Gasteiger partial charge in [-0.1, -0.05) is 36.8 Å². The second kappa shape index (κ2) is 3.09. The molecule has 1 aliphatic carbocycles. The van der Waals surface area contributed by atoms with E-state index in [0.717, 1.165) is 6.04 Å². The fourth-order valence-electron chi connectivity index (χ4n) is 2.83. The van der Waals surface area contributed by atoms with Crippen molar-refractivity contribution in [2.24, 2.45) is 5.41 Å². The van der Waals surface area contributed by atoms with Gasteiger partial charge in [0.05, 0.1) is 0 Å². The zero-order chi connectivity index (χ0) is 9.43. The maximum atomic E-state index is 3.59. The number of hydrogen-bond acceptors (Lipinski definition) is 1. The zero-order valence-electron chi connectivity index (χ0n) is 8.50. The van der Waals surface area contributed by atoms with Crippen molar-refractivity contribution in [2.75, 3.05) is 6.54 Å². The van der Waals surface area contributed by atoms with Gasteiger partial charge < -0.3 is 5.32 Å². The van der Waals surface area contributed by atoms with E-state index < -0.39 is 0 Å². The number of benzene rings is 1. The van der Waals surface area contributed by atoms with Gasteiger partial charge in [0.2, 0.25) is 0 Å². The lowest BCUT2D eigenvalue weighted by molar-refractivity contribution is -0.00380. The molecule has 0 bridgehead atoms. The second-order valence-electron chi connectivity index (χ2n) is 4.84. The lowest BCUT2D eigenvalue weighted by atomic mass is 9.58. The highest BCUT2D eigenvalue weighted by atomic mass is 15.1. The van der Waals surface area contributed by atoms with E-state index in [1.165, 1.54) is 37.8 Å². The van der Waals surface area contributed by atoms with Crippen molar-refractivity contribution in [2.45, 2.75) is 31.7 Å². The van der Waals surface area contributed by atoms with E-state index in [-0.39, 0.29) is 0 Å². The molecule has 2 fully saturated rings.